The number of hydrogen-bond donors (Lipinski definition) is 1. The van der Waals surface area contributed by atoms with Crippen molar-refractivity contribution in [3.8, 4) is 0 Å². The van der Waals surface area contributed by atoms with Crippen LogP contribution in [0.4, 0.5) is 0 Å². The van der Waals surface area contributed by atoms with Gasteiger partial charge in [0.25, 0.3) is 0 Å². The van der Waals surface area contributed by atoms with Gasteiger partial charge >= 0.3 is 0 Å². The zero-order valence-electron chi connectivity index (χ0n) is 7.24. The summed E-state index contributed by atoms with van der Waals surface area (Å²) in [6, 6.07) is 5.82. The van der Waals surface area contributed by atoms with Gasteiger partial charge in [-0.2, -0.15) is 0 Å². The Balaban J connectivity index is 3.15. The van der Waals surface area contributed by atoms with Gasteiger partial charge in [-0.1, -0.05) is 19.1 Å². The van der Waals surface area contributed by atoms with Crippen LogP contribution < -0.4 is 0 Å². The summed E-state index contributed by atoms with van der Waals surface area (Å²) in [5, 5.41) is 0. The minimum Gasteiger partial charge on any atom is -0.303 e. The molecule has 12 heavy (non-hydrogen) atoms. The average molecular weight is 180 g/mol. The molecule has 1 rings (SSSR count). The molecule has 0 saturated heterocycles. The maximum absolute atomic E-state index is 10.5. The standard InChI is InChI=1S/C10H12OS/c1-7(6-11)9-4-3-5-10(12)8(9)2/h3-7,12H,1-2H3. The Hall–Kier alpha value is -0.760. The van der Waals surface area contributed by atoms with E-state index in [2.05, 4.69) is 12.6 Å². The quantitative estimate of drug-likeness (QED) is 0.547. The van der Waals surface area contributed by atoms with Crippen molar-refractivity contribution in [3.05, 3.63) is 29.3 Å². The van der Waals surface area contributed by atoms with Crippen molar-refractivity contribution in [2.75, 3.05) is 0 Å². The fourth-order valence-electron chi connectivity index (χ4n) is 1.21. The number of carbonyl (C=O) groups excluding carboxylic acids is 1. The van der Waals surface area contributed by atoms with Crippen molar-refractivity contribution < 1.29 is 4.79 Å². The molecular weight excluding hydrogens is 168 g/mol. The van der Waals surface area contributed by atoms with Crippen LogP contribution in [0.1, 0.15) is 24.0 Å². The predicted molar refractivity (Wildman–Crippen MR) is 52.9 cm³/mol. The molecule has 0 aromatic heterocycles. The van der Waals surface area contributed by atoms with E-state index in [1.165, 1.54) is 0 Å². The summed E-state index contributed by atoms with van der Waals surface area (Å²) in [7, 11) is 0. The minimum atomic E-state index is -0.0305. The van der Waals surface area contributed by atoms with Crippen molar-refractivity contribution in [2.24, 2.45) is 0 Å². The summed E-state index contributed by atoms with van der Waals surface area (Å²) in [6.07, 6.45) is 0.954. The van der Waals surface area contributed by atoms with Gasteiger partial charge in [-0.05, 0) is 24.1 Å². The summed E-state index contributed by atoms with van der Waals surface area (Å²) in [5.41, 5.74) is 2.16. The van der Waals surface area contributed by atoms with Crippen LogP contribution in [0.5, 0.6) is 0 Å². The number of thiol groups is 1. The first kappa shape index (κ1) is 9.33. The molecule has 0 aliphatic heterocycles. The highest BCUT2D eigenvalue weighted by Crippen LogP contribution is 2.22. The van der Waals surface area contributed by atoms with Gasteiger partial charge in [-0.15, -0.1) is 12.6 Å². The van der Waals surface area contributed by atoms with Crippen molar-refractivity contribution >= 4 is 18.9 Å². The van der Waals surface area contributed by atoms with E-state index < -0.39 is 0 Å². The molecule has 1 aromatic carbocycles. The van der Waals surface area contributed by atoms with E-state index in [0.29, 0.717) is 0 Å². The summed E-state index contributed by atoms with van der Waals surface area (Å²) in [4.78, 5) is 11.5. The molecule has 0 radical (unpaired) electrons. The van der Waals surface area contributed by atoms with Gasteiger partial charge in [0.05, 0.1) is 0 Å². The van der Waals surface area contributed by atoms with E-state index in [1.54, 1.807) is 0 Å². The first-order chi connectivity index (χ1) is 5.66. The Bertz CT molecular complexity index is 294. The lowest BCUT2D eigenvalue weighted by atomic mass is 9.98. The maximum Gasteiger partial charge on any atom is 0.127 e. The molecule has 0 bridgehead atoms. The topological polar surface area (TPSA) is 17.1 Å². The van der Waals surface area contributed by atoms with E-state index in [-0.39, 0.29) is 5.92 Å². The van der Waals surface area contributed by atoms with Gasteiger partial charge in [-0.25, -0.2) is 0 Å². The second-order valence-electron chi connectivity index (χ2n) is 2.92. The summed E-state index contributed by atoms with van der Waals surface area (Å²) >= 11 is 4.29. The lowest BCUT2D eigenvalue weighted by molar-refractivity contribution is -0.108. The van der Waals surface area contributed by atoms with Crippen LogP contribution in [-0.4, -0.2) is 6.29 Å². The fraction of sp³-hybridized carbons (Fsp3) is 0.300. The zero-order valence-corrected chi connectivity index (χ0v) is 8.14. The number of rotatable bonds is 2. The molecule has 0 aliphatic carbocycles. The van der Waals surface area contributed by atoms with Gasteiger partial charge in [0.1, 0.15) is 6.29 Å². The van der Waals surface area contributed by atoms with Crippen LogP contribution in [0, 0.1) is 6.92 Å². The second-order valence-corrected chi connectivity index (χ2v) is 3.40. The summed E-state index contributed by atoms with van der Waals surface area (Å²) < 4.78 is 0. The van der Waals surface area contributed by atoms with Gasteiger partial charge in [0, 0.05) is 10.8 Å². The van der Waals surface area contributed by atoms with Gasteiger partial charge in [0.15, 0.2) is 0 Å². The molecule has 1 unspecified atom stereocenters. The third kappa shape index (κ3) is 1.69. The van der Waals surface area contributed by atoms with Crippen LogP contribution in [0.3, 0.4) is 0 Å². The average Bonchev–Trinajstić information content (AvgIpc) is 2.08. The van der Waals surface area contributed by atoms with Gasteiger partial charge in [0.2, 0.25) is 0 Å². The monoisotopic (exact) mass is 180 g/mol. The highest BCUT2D eigenvalue weighted by molar-refractivity contribution is 7.80. The zero-order chi connectivity index (χ0) is 9.14. The third-order valence-electron chi connectivity index (χ3n) is 2.04. The molecule has 0 amide bonds. The van der Waals surface area contributed by atoms with E-state index in [9.17, 15) is 4.79 Å². The van der Waals surface area contributed by atoms with Crippen LogP contribution in [-0.2, 0) is 4.79 Å². The van der Waals surface area contributed by atoms with Gasteiger partial charge in [-0.3, -0.25) is 0 Å². The maximum atomic E-state index is 10.5. The van der Waals surface area contributed by atoms with Crippen LogP contribution in [0.15, 0.2) is 23.1 Å². The van der Waals surface area contributed by atoms with Crippen LogP contribution in [0.2, 0.25) is 0 Å². The molecule has 1 aromatic rings. The smallest absolute Gasteiger partial charge is 0.127 e. The van der Waals surface area contributed by atoms with Crippen molar-refractivity contribution in [3.63, 3.8) is 0 Å². The third-order valence-corrected chi connectivity index (χ3v) is 2.53. The normalized spacial score (nSPS) is 12.6. The van der Waals surface area contributed by atoms with Crippen LogP contribution >= 0.6 is 12.6 Å². The lowest BCUT2D eigenvalue weighted by Crippen LogP contribution is -1.97. The minimum absolute atomic E-state index is 0.0305. The highest BCUT2D eigenvalue weighted by Gasteiger charge is 2.07. The number of benzene rings is 1. The fourth-order valence-corrected chi connectivity index (χ4v) is 1.42. The highest BCUT2D eigenvalue weighted by atomic mass is 32.1. The molecule has 0 spiro atoms. The van der Waals surface area contributed by atoms with E-state index in [1.807, 2.05) is 32.0 Å². The van der Waals surface area contributed by atoms with Crippen molar-refractivity contribution in [2.45, 2.75) is 24.7 Å². The van der Waals surface area contributed by atoms with E-state index in [4.69, 9.17) is 0 Å². The molecule has 64 valence electrons. The molecule has 0 fully saturated rings. The number of hydrogen-bond acceptors (Lipinski definition) is 2. The largest absolute Gasteiger partial charge is 0.303 e. The molecule has 1 nitrogen and oxygen atoms in total. The Morgan fingerprint density at radius 3 is 2.75 bits per heavy atom. The van der Waals surface area contributed by atoms with Crippen molar-refractivity contribution in [1.29, 1.82) is 0 Å². The predicted octanol–water partition coefficient (Wildman–Crippen LogP) is 2.59. The van der Waals surface area contributed by atoms with E-state index in [0.717, 1.165) is 22.3 Å². The Morgan fingerprint density at radius 2 is 2.17 bits per heavy atom. The second kappa shape index (κ2) is 3.76. The summed E-state index contributed by atoms with van der Waals surface area (Å²) in [5.74, 6) is -0.0305. The molecule has 0 heterocycles. The lowest BCUT2D eigenvalue weighted by Gasteiger charge is -2.09. The number of aldehydes is 1. The molecule has 0 saturated carbocycles. The Morgan fingerprint density at radius 1 is 1.50 bits per heavy atom. The Kier molecular flexibility index (Phi) is 2.93. The SMILES string of the molecule is Cc1c(S)cccc1C(C)C=O. The first-order valence-electron chi connectivity index (χ1n) is 3.90. The molecule has 0 N–H and O–H groups in total. The van der Waals surface area contributed by atoms with E-state index >= 15 is 0 Å². The van der Waals surface area contributed by atoms with Crippen molar-refractivity contribution in [1.82, 2.24) is 0 Å². The molecule has 0 aliphatic rings. The summed E-state index contributed by atoms with van der Waals surface area (Å²) in [6.45, 7) is 3.88. The molecule has 2 heteroatoms. The molecular formula is C10H12OS. The van der Waals surface area contributed by atoms with Crippen LogP contribution in [0.25, 0.3) is 0 Å². The van der Waals surface area contributed by atoms with Gasteiger partial charge < -0.3 is 4.79 Å². The number of carbonyl (C=O) groups is 1. The Labute approximate surface area is 78.2 Å². The molecule has 1 atom stereocenters. The first-order valence-corrected chi connectivity index (χ1v) is 4.35.